The molecule has 0 bridgehead atoms. The van der Waals surface area contributed by atoms with Crippen molar-refractivity contribution in [1.82, 2.24) is 15.4 Å². The monoisotopic (exact) mass is 389 g/mol. The Morgan fingerprint density at radius 3 is 2.59 bits per heavy atom. The van der Waals surface area contributed by atoms with Gasteiger partial charge in [-0.1, -0.05) is 47.6 Å². The van der Waals surface area contributed by atoms with Crippen molar-refractivity contribution in [3.8, 4) is 11.3 Å². The van der Waals surface area contributed by atoms with E-state index in [1.165, 1.54) is 24.0 Å². The zero-order valence-corrected chi connectivity index (χ0v) is 17.0. The van der Waals surface area contributed by atoms with Gasteiger partial charge in [0.05, 0.1) is 6.04 Å². The second-order valence-electron chi connectivity index (χ2n) is 7.87. The van der Waals surface area contributed by atoms with Crippen LogP contribution in [0.3, 0.4) is 0 Å². The first-order chi connectivity index (χ1) is 14.1. The van der Waals surface area contributed by atoms with Crippen molar-refractivity contribution >= 4 is 5.91 Å². The Kier molecular flexibility index (Phi) is 5.76. The van der Waals surface area contributed by atoms with Gasteiger partial charge in [-0.2, -0.15) is 0 Å². The Bertz CT molecular complexity index is 979. The Morgan fingerprint density at radius 2 is 1.83 bits per heavy atom. The third-order valence-electron chi connectivity index (χ3n) is 5.64. The number of nitrogens with zero attached hydrogens (tertiary/aromatic N) is 2. The van der Waals surface area contributed by atoms with Gasteiger partial charge >= 0.3 is 0 Å². The molecule has 4 rings (SSSR count). The molecule has 3 aromatic rings. The van der Waals surface area contributed by atoms with Gasteiger partial charge in [-0.25, -0.2) is 0 Å². The quantitative estimate of drug-likeness (QED) is 0.685. The molecule has 0 fully saturated rings. The van der Waals surface area contributed by atoms with Gasteiger partial charge in [0.25, 0.3) is 5.91 Å². The summed E-state index contributed by atoms with van der Waals surface area (Å²) in [5.41, 5.74) is 5.25. The third kappa shape index (κ3) is 4.40. The summed E-state index contributed by atoms with van der Waals surface area (Å²) >= 11 is 0. The van der Waals surface area contributed by atoms with Crippen LogP contribution in [0.5, 0.6) is 0 Å². The van der Waals surface area contributed by atoms with E-state index in [0.717, 1.165) is 24.0 Å². The number of benzene rings is 2. The van der Waals surface area contributed by atoms with Crippen molar-refractivity contribution in [1.29, 1.82) is 0 Å². The SMILES string of the molecule is CN(C)C(CNC(=O)c1cc(-c2ccc3c(c2)CCCC3)on1)c1ccccc1. The standard InChI is InChI=1S/C24H27N3O2/c1-27(2)22(18-9-4-3-5-10-18)16-25-24(28)21-15-23(29-26-21)20-13-12-17-8-6-7-11-19(17)14-20/h3-5,9-10,12-15,22H,6-8,11,16H2,1-2H3,(H,25,28). The van der Waals surface area contributed by atoms with Crippen LogP contribution >= 0.6 is 0 Å². The molecular formula is C24H27N3O2. The molecule has 1 N–H and O–H groups in total. The molecule has 5 nitrogen and oxygen atoms in total. The number of carbonyl (C=O) groups excluding carboxylic acids is 1. The van der Waals surface area contributed by atoms with Crippen molar-refractivity contribution < 1.29 is 9.32 Å². The highest BCUT2D eigenvalue weighted by Crippen LogP contribution is 2.28. The van der Waals surface area contributed by atoms with Gasteiger partial charge in [-0.05, 0) is 62.5 Å². The fourth-order valence-corrected chi connectivity index (χ4v) is 3.96. The van der Waals surface area contributed by atoms with Crippen LogP contribution in [0.4, 0.5) is 0 Å². The second-order valence-corrected chi connectivity index (χ2v) is 7.87. The minimum Gasteiger partial charge on any atom is -0.355 e. The molecule has 0 saturated carbocycles. The lowest BCUT2D eigenvalue weighted by atomic mass is 9.90. The van der Waals surface area contributed by atoms with Crippen LogP contribution in [-0.2, 0) is 12.8 Å². The summed E-state index contributed by atoms with van der Waals surface area (Å²) in [7, 11) is 4.02. The molecule has 1 heterocycles. The molecule has 29 heavy (non-hydrogen) atoms. The first kappa shape index (κ1) is 19.4. The molecule has 1 aliphatic rings. The molecule has 0 aliphatic heterocycles. The van der Waals surface area contributed by atoms with E-state index in [4.69, 9.17) is 4.52 Å². The maximum Gasteiger partial charge on any atom is 0.273 e. The average Bonchev–Trinajstić information content (AvgIpc) is 3.24. The number of likely N-dealkylation sites (N-methyl/N-ethyl adjacent to an activating group) is 1. The first-order valence-corrected chi connectivity index (χ1v) is 10.2. The number of rotatable bonds is 6. The van der Waals surface area contributed by atoms with Gasteiger partial charge in [-0.3, -0.25) is 4.79 Å². The van der Waals surface area contributed by atoms with Gasteiger partial charge in [0.2, 0.25) is 0 Å². The van der Waals surface area contributed by atoms with Crippen molar-refractivity contribution in [3.05, 3.63) is 77.0 Å². The fourth-order valence-electron chi connectivity index (χ4n) is 3.96. The molecule has 0 saturated heterocycles. The molecule has 150 valence electrons. The van der Waals surface area contributed by atoms with Gasteiger partial charge in [-0.15, -0.1) is 0 Å². The fraction of sp³-hybridized carbons (Fsp3) is 0.333. The molecule has 2 aromatic carbocycles. The molecule has 5 heteroatoms. The van der Waals surface area contributed by atoms with Crippen LogP contribution in [0.1, 0.15) is 46.1 Å². The zero-order valence-electron chi connectivity index (χ0n) is 17.0. The van der Waals surface area contributed by atoms with Crippen LogP contribution in [0.25, 0.3) is 11.3 Å². The van der Waals surface area contributed by atoms with Crippen molar-refractivity contribution in [2.24, 2.45) is 0 Å². The van der Waals surface area contributed by atoms with Crippen LogP contribution < -0.4 is 5.32 Å². The number of aryl methyl sites for hydroxylation is 2. The lowest BCUT2D eigenvalue weighted by Crippen LogP contribution is -2.34. The molecule has 0 spiro atoms. The van der Waals surface area contributed by atoms with E-state index < -0.39 is 0 Å². The maximum atomic E-state index is 12.6. The third-order valence-corrected chi connectivity index (χ3v) is 5.64. The highest BCUT2D eigenvalue weighted by Gasteiger charge is 2.19. The minimum absolute atomic E-state index is 0.0900. The summed E-state index contributed by atoms with van der Waals surface area (Å²) < 4.78 is 5.48. The predicted octanol–water partition coefficient (Wildman–Crippen LogP) is 4.25. The summed E-state index contributed by atoms with van der Waals surface area (Å²) in [5.74, 6) is 0.413. The van der Waals surface area contributed by atoms with Crippen molar-refractivity contribution in [3.63, 3.8) is 0 Å². The normalized spacial score (nSPS) is 14.4. The summed E-state index contributed by atoms with van der Waals surface area (Å²) in [5, 5.41) is 6.99. The number of aromatic nitrogens is 1. The van der Waals surface area contributed by atoms with Crippen LogP contribution in [0.15, 0.2) is 59.1 Å². The van der Waals surface area contributed by atoms with Crippen molar-refractivity contribution in [2.75, 3.05) is 20.6 Å². The molecular weight excluding hydrogens is 362 g/mol. The number of nitrogens with one attached hydrogen (secondary N) is 1. The van der Waals surface area contributed by atoms with Gasteiger partial charge < -0.3 is 14.7 Å². The van der Waals surface area contributed by atoms with Gasteiger partial charge in [0, 0.05) is 18.2 Å². The van der Waals surface area contributed by atoms with E-state index in [0.29, 0.717) is 18.0 Å². The molecule has 1 aromatic heterocycles. The molecule has 1 unspecified atom stereocenters. The summed E-state index contributed by atoms with van der Waals surface area (Å²) in [6, 6.07) is 18.4. The van der Waals surface area contributed by atoms with E-state index in [2.05, 4.69) is 45.7 Å². The average molecular weight is 389 g/mol. The van der Waals surface area contributed by atoms with Crippen LogP contribution in [-0.4, -0.2) is 36.6 Å². The lowest BCUT2D eigenvalue weighted by Gasteiger charge is -2.24. The van der Waals surface area contributed by atoms with Gasteiger partial charge in [0.1, 0.15) is 0 Å². The van der Waals surface area contributed by atoms with Gasteiger partial charge in [0.15, 0.2) is 11.5 Å². The first-order valence-electron chi connectivity index (χ1n) is 10.2. The Balaban J connectivity index is 1.44. The van der Waals surface area contributed by atoms with E-state index in [-0.39, 0.29) is 11.9 Å². The van der Waals surface area contributed by atoms with Crippen LogP contribution in [0.2, 0.25) is 0 Å². The topological polar surface area (TPSA) is 58.4 Å². The van der Waals surface area contributed by atoms with Crippen molar-refractivity contribution in [2.45, 2.75) is 31.7 Å². The number of amides is 1. The molecule has 0 radical (unpaired) electrons. The summed E-state index contributed by atoms with van der Waals surface area (Å²) in [6.45, 7) is 0.497. The number of carbonyl (C=O) groups is 1. The lowest BCUT2D eigenvalue weighted by molar-refractivity contribution is 0.0933. The Hall–Kier alpha value is -2.92. The number of hydrogen-bond acceptors (Lipinski definition) is 4. The highest BCUT2D eigenvalue weighted by molar-refractivity contribution is 5.93. The maximum absolute atomic E-state index is 12.6. The summed E-state index contributed by atoms with van der Waals surface area (Å²) in [4.78, 5) is 14.7. The largest absolute Gasteiger partial charge is 0.355 e. The highest BCUT2D eigenvalue weighted by atomic mass is 16.5. The van der Waals surface area contributed by atoms with E-state index >= 15 is 0 Å². The molecule has 1 aliphatic carbocycles. The van der Waals surface area contributed by atoms with Crippen LogP contribution in [0, 0.1) is 0 Å². The molecule has 1 atom stereocenters. The number of fused-ring (bicyclic) bond motifs is 1. The smallest absolute Gasteiger partial charge is 0.273 e. The number of hydrogen-bond donors (Lipinski definition) is 1. The minimum atomic E-state index is -0.222. The zero-order chi connectivity index (χ0) is 20.2. The second kappa shape index (κ2) is 8.62. The van der Waals surface area contributed by atoms with E-state index in [9.17, 15) is 4.79 Å². The van der Waals surface area contributed by atoms with E-state index in [1.807, 2.05) is 32.3 Å². The molecule has 1 amide bonds. The predicted molar refractivity (Wildman–Crippen MR) is 114 cm³/mol. The van der Waals surface area contributed by atoms with E-state index in [1.54, 1.807) is 6.07 Å². The Morgan fingerprint density at radius 1 is 1.07 bits per heavy atom. The summed E-state index contributed by atoms with van der Waals surface area (Å²) in [6.07, 6.45) is 4.75. The Labute approximate surface area is 171 Å².